The Kier molecular flexibility index (Phi) is 2.67. The van der Waals surface area contributed by atoms with Crippen LogP contribution in [0.3, 0.4) is 0 Å². The molecule has 1 rings (SSSR count). The number of rotatable bonds is 2. The molecule has 0 saturated carbocycles. The van der Waals surface area contributed by atoms with Crippen molar-refractivity contribution in [3.63, 3.8) is 0 Å². The molecule has 1 aliphatic heterocycles. The molecule has 1 saturated heterocycles. The minimum atomic E-state index is -0.999. The molecule has 5 heteroatoms. The van der Waals surface area contributed by atoms with Crippen LogP contribution in [-0.2, 0) is 4.74 Å². The second-order valence-corrected chi connectivity index (χ2v) is 2.49. The summed E-state index contributed by atoms with van der Waals surface area (Å²) < 4.78 is 5.04. The molecule has 1 heterocycles. The second-order valence-electron chi connectivity index (χ2n) is 2.49. The van der Waals surface area contributed by atoms with E-state index in [-0.39, 0.29) is 12.1 Å². The fourth-order valence-electron chi connectivity index (χ4n) is 1.20. The highest BCUT2D eigenvalue weighted by Gasteiger charge is 2.27. The van der Waals surface area contributed by atoms with Crippen molar-refractivity contribution in [3.05, 3.63) is 0 Å². The van der Waals surface area contributed by atoms with E-state index in [4.69, 9.17) is 9.84 Å². The van der Waals surface area contributed by atoms with Crippen LogP contribution in [0, 0.1) is 0 Å². The highest BCUT2D eigenvalue weighted by Crippen LogP contribution is 2.02. The highest BCUT2D eigenvalue weighted by molar-refractivity contribution is 5.65. The molecule has 0 aromatic heterocycles. The van der Waals surface area contributed by atoms with E-state index in [0.717, 1.165) is 0 Å². The molecular formula is C6H12N2O3. The third kappa shape index (κ3) is 2.06. The Morgan fingerprint density at radius 1 is 1.73 bits per heavy atom. The Morgan fingerprint density at radius 2 is 2.45 bits per heavy atom. The van der Waals surface area contributed by atoms with Gasteiger partial charge in [0.25, 0.3) is 0 Å². The summed E-state index contributed by atoms with van der Waals surface area (Å²) in [5, 5.41) is 13.8. The first-order valence-electron chi connectivity index (χ1n) is 3.47. The lowest BCUT2D eigenvalue weighted by Crippen LogP contribution is -2.42. The van der Waals surface area contributed by atoms with Gasteiger partial charge in [0.05, 0.1) is 12.1 Å². The maximum absolute atomic E-state index is 10.2. The molecule has 1 amide bonds. The van der Waals surface area contributed by atoms with Crippen LogP contribution in [-0.4, -0.2) is 43.5 Å². The first-order valence-corrected chi connectivity index (χ1v) is 3.47. The monoisotopic (exact) mass is 160 g/mol. The summed E-state index contributed by atoms with van der Waals surface area (Å²) in [5.74, 6) is 0. The molecule has 0 bridgehead atoms. The first kappa shape index (κ1) is 8.29. The number of carboxylic acid groups (broad SMARTS) is 1. The van der Waals surface area contributed by atoms with Crippen molar-refractivity contribution >= 4 is 6.09 Å². The van der Waals surface area contributed by atoms with E-state index in [1.54, 1.807) is 7.11 Å². The minimum absolute atomic E-state index is 0.0360. The van der Waals surface area contributed by atoms with Gasteiger partial charge in [-0.25, -0.2) is 4.79 Å². The molecule has 0 radical (unpaired) electrons. The molecule has 0 aromatic rings. The van der Waals surface area contributed by atoms with Crippen molar-refractivity contribution in [2.45, 2.75) is 12.1 Å². The molecule has 0 spiro atoms. The van der Waals surface area contributed by atoms with Crippen molar-refractivity contribution in [1.29, 1.82) is 0 Å². The normalized spacial score (nSPS) is 30.3. The smallest absolute Gasteiger partial charge is 0.405 e. The number of ether oxygens (including phenoxy) is 1. The van der Waals surface area contributed by atoms with E-state index in [2.05, 4.69) is 10.6 Å². The Labute approximate surface area is 64.7 Å². The van der Waals surface area contributed by atoms with Gasteiger partial charge in [-0.1, -0.05) is 0 Å². The number of carbonyl (C=O) groups is 1. The van der Waals surface area contributed by atoms with Gasteiger partial charge in [0, 0.05) is 20.2 Å². The number of hydrogen-bond donors (Lipinski definition) is 3. The van der Waals surface area contributed by atoms with Crippen LogP contribution in [0.4, 0.5) is 4.79 Å². The number of amides is 1. The van der Waals surface area contributed by atoms with Crippen LogP contribution < -0.4 is 10.6 Å². The predicted molar refractivity (Wildman–Crippen MR) is 38.6 cm³/mol. The predicted octanol–water partition coefficient (Wildman–Crippen LogP) is -0.759. The molecule has 0 aliphatic carbocycles. The lowest BCUT2D eigenvalue weighted by Gasteiger charge is -2.15. The average molecular weight is 160 g/mol. The van der Waals surface area contributed by atoms with Gasteiger partial charge in [-0.3, -0.25) is 0 Å². The fourth-order valence-corrected chi connectivity index (χ4v) is 1.20. The Bertz CT molecular complexity index is 151. The van der Waals surface area contributed by atoms with E-state index in [1.807, 2.05) is 0 Å². The van der Waals surface area contributed by atoms with E-state index in [9.17, 15) is 4.79 Å². The average Bonchev–Trinajstić information content (AvgIpc) is 2.34. The summed E-state index contributed by atoms with van der Waals surface area (Å²) in [6, 6.07) is -0.113. The van der Waals surface area contributed by atoms with Gasteiger partial charge in [0.1, 0.15) is 0 Å². The lowest BCUT2D eigenvalue weighted by atomic mass is 10.2. The van der Waals surface area contributed by atoms with Crippen LogP contribution in [0.1, 0.15) is 0 Å². The maximum atomic E-state index is 10.2. The molecular weight excluding hydrogens is 148 g/mol. The zero-order valence-electron chi connectivity index (χ0n) is 6.33. The number of methoxy groups -OCH3 is 1. The van der Waals surface area contributed by atoms with Crippen molar-refractivity contribution < 1.29 is 14.6 Å². The minimum Gasteiger partial charge on any atom is -0.465 e. The van der Waals surface area contributed by atoms with Gasteiger partial charge in [-0.15, -0.1) is 0 Å². The molecule has 64 valence electrons. The van der Waals surface area contributed by atoms with Crippen molar-refractivity contribution in [2.24, 2.45) is 0 Å². The van der Waals surface area contributed by atoms with E-state index >= 15 is 0 Å². The fraction of sp³-hybridized carbons (Fsp3) is 0.833. The first-order chi connectivity index (χ1) is 5.24. The molecule has 1 aliphatic rings. The Hall–Kier alpha value is -0.810. The molecule has 1 fully saturated rings. The molecule has 5 nitrogen and oxygen atoms in total. The zero-order chi connectivity index (χ0) is 8.27. The van der Waals surface area contributed by atoms with Crippen molar-refractivity contribution in [1.82, 2.24) is 10.6 Å². The third-order valence-corrected chi connectivity index (χ3v) is 1.77. The molecule has 2 atom stereocenters. The zero-order valence-corrected chi connectivity index (χ0v) is 6.33. The van der Waals surface area contributed by atoms with Gasteiger partial charge in [-0.05, 0) is 0 Å². The van der Waals surface area contributed by atoms with Gasteiger partial charge < -0.3 is 20.5 Å². The van der Waals surface area contributed by atoms with Gasteiger partial charge in [0.2, 0.25) is 0 Å². The standard InChI is InChI=1S/C6H12N2O3/c1-11-5-3-7-2-4(5)8-6(9)10/h4-5,7-8H,2-3H2,1H3,(H,9,10). The largest absolute Gasteiger partial charge is 0.465 e. The van der Waals surface area contributed by atoms with E-state index in [1.165, 1.54) is 0 Å². The van der Waals surface area contributed by atoms with Crippen LogP contribution in [0.25, 0.3) is 0 Å². The van der Waals surface area contributed by atoms with Crippen LogP contribution >= 0.6 is 0 Å². The third-order valence-electron chi connectivity index (χ3n) is 1.77. The summed E-state index contributed by atoms with van der Waals surface area (Å²) in [6.07, 6.45) is -1.04. The van der Waals surface area contributed by atoms with Gasteiger partial charge in [0.15, 0.2) is 0 Å². The maximum Gasteiger partial charge on any atom is 0.405 e. The quantitative estimate of drug-likeness (QED) is 0.496. The lowest BCUT2D eigenvalue weighted by molar-refractivity contribution is 0.0942. The summed E-state index contributed by atoms with van der Waals surface area (Å²) in [6.45, 7) is 1.35. The second kappa shape index (κ2) is 3.54. The van der Waals surface area contributed by atoms with Crippen LogP contribution in [0.2, 0.25) is 0 Å². The van der Waals surface area contributed by atoms with E-state index in [0.29, 0.717) is 13.1 Å². The van der Waals surface area contributed by atoms with Crippen LogP contribution in [0.15, 0.2) is 0 Å². The van der Waals surface area contributed by atoms with Gasteiger partial charge in [-0.2, -0.15) is 0 Å². The summed E-state index contributed by atoms with van der Waals surface area (Å²) in [7, 11) is 1.58. The van der Waals surface area contributed by atoms with Crippen molar-refractivity contribution in [2.75, 3.05) is 20.2 Å². The highest BCUT2D eigenvalue weighted by atomic mass is 16.5. The Morgan fingerprint density at radius 3 is 3.00 bits per heavy atom. The molecule has 2 unspecified atom stereocenters. The van der Waals surface area contributed by atoms with Crippen LogP contribution in [0.5, 0.6) is 0 Å². The number of hydrogen-bond acceptors (Lipinski definition) is 3. The van der Waals surface area contributed by atoms with E-state index < -0.39 is 6.09 Å². The number of nitrogens with one attached hydrogen (secondary N) is 2. The molecule has 3 N–H and O–H groups in total. The SMILES string of the molecule is COC1CNCC1NC(=O)O. The topological polar surface area (TPSA) is 70.6 Å². The van der Waals surface area contributed by atoms with Gasteiger partial charge >= 0.3 is 6.09 Å². The Balaban J connectivity index is 2.37. The molecule has 11 heavy (non-hydrogen) atoms. The summed E-state index contributed by atoms with van der Waals surface area (Å²) in [4.78, 5) is 10.2. The summed E-state index contributed by atoms with van der Waals surface area (Å²) in [5.41, 5.74) is 0. The summed E-state index contributed by atoms with van der Waals surface area (Å²) >= 11 is 0. The molecule has 0 aromatic carbocycles. The van der Waals surface area contributed by atoms with Crippen molar-refractivity contribution in [3.8, 4) is 0 Å².